The zero-order valence-corrected chi connectivity index (χ0v) is 10.4. The van der Waals surface area contributed by atoms with Crippen molar-refractivity contribution in [2.24, 2.45) is 0 Å². The van der Waals surface area contributed by atoms with Crippen molar-refractivity contribution >= 4 is 17.6 Å². The fourth-order valence-corrected chi connectivity index (χ4v) is 2.11. The van der Waals surface area contributed by atoms with Crippen LogP contribution in [0.25, 0.3) is 0 Å². The SMILES string of the molecule is CSCC(C)N(C)Cc1cccnc1N. The standard InChI is InChI=1S/C11H19N3S/c1-9(8-15-3)14(2)7-10-5-4-6-13-11(10)12/h4-6,9H,7-8H2,1-3H3,(H2,12,13). The lowest BCUT2D eigenvalue weighted by atomic mass is 10.2. The van der Waals surface area contributed by atoms with Gasteiger partial charge in [0.1, 0.15) is 5.82 Å². The first-order chi connectivity index (χ1) is 7.15. The molecule has 4 heteroatoms. The summed E-state index contributed by atoms with van der Waals surface area (Å²) in [5, 5.41) is 0. The van der Waals surface area contributed by atoms with Crippen molar-refractivity contribution in [1.82, 2.24) is 9.88 Å². The first-order valence-corrected chi connectivity index (χ1v) is 6.43. The van der Waals surface area contributed by atoms with Gasteiger partial charge in [-0.1, -0.05) is 6.07 Å². The molecule has 1 heterocycles. The van der Waals surface area contributed by atoms with E-state index >= 15 is 0 Å². The summed E-state index contributed by atoms with van der Waals surface area (Å²) in [5.41, 5.74) is 6.90. The van der Waals surface area contributed by atoms with Crippen LogP contribution in [0.15, 0.2) is 18.3 Å². The Kier molecular flexibility index (Phi) is 4.91. The van der Waals surface area contributed by atoms with Gasteiger partial charge in [-0.25, -0.2) is 4.98 Å². The molecule has 2 N–H and O–H groups in total. The predicted molar refractivity (Wildman–Crippen MR) is 68.0 cm³/mol. The number of nitrogens with two attached hydrogens (primary N) is 1. The van der Waals surface area contributed by atoms with Crippen LogP contribution in [0.4, 0.5) is 5.82 Å². The molecule has 1 atom stereocenters. The van der Waals surface area contributed by atoms with Crippen molar-refractivity contribution in [2.45, 2.75) is 19.5 Å². The number of nitrogens with zero attached hydrogens (tertiary/aromatic N) is 2. The molecule has 0 saturated heterocycles. The van der Waals surface area contributed by atoms with Crippen LogP contribution in [-0.2, 0) is 6.54 Å². The average Bonchev–Trinajstić information content (AvgIpc) is 2.21. The Labute approximate surface area is 96.1 Å². The normalized spacial score (nSPS) is 13.1. The van der Waals surface area contributed by atoms with E-state index in [2.05, 4.69) is 30.1 Å². The van der Waals surface area contributed by atoms with Gasteiger partial charge in [-0.15, -0.1) is 0 Å². The smallest absolute Gasteiger partial charge is 0.127 e. The van der Waals surface area contributed by atoms with E-state index in [0.29, 0.717) is 11.9 Å². The van der Waals surface area contributed by atoms with Gasteiger partial charge >= 0.3 is 0 Å². The molecule has 0 saturated carbocycles. The number of thioether (sulfide) groups is 1. The average molecular weight is 225 g/mol. The van der Waals surface area contributed by atoms with Gasteiger partial charge < -0.3 is 5.73 Å². The zero-order valence-electron chi connectivity index (χ0n) is 9.60. The van der Waals surface area contributed by atoms with E-state index < -0.39 is 0 Å². The van der Waals surface area contributed by atoms with Crippen LogP contribution in [0.3, 0.4) is 0 Å². The highest BCUT2D eigenvalue weighted by atomic mass is 32.2. The third-order valence-corrected chi connectivity index (χ3v) is 3.32. The molecule has 0 bridgehead atoms. The van der Waals surface area contributed by atoms with E-state index in [0.717, 1.165) is 17.9 Å². The third kappa shape index (κ3) is 3.72. The van der Waals surface area contributed by atoms with Crippen molar-refractivity contribution in [3.8, 4) is 0 Å². The quantitative estimate of drug-likeness (QED) is 0.830. The van der Waals surface area contributed by atoms with Crippen molar-refractivity contribution < 1.29 is 0 Å². The Balaban J connectivity index is 2.58. The maximum atomic E-state index is 5.80. The lowest BCUT2D eigenvalue weighted by Crippen LogP contribution is -2.30. The minimum absolute atomic E-state index is 0.555. The monoisotopic (exact) mass is 225 g/mol. The molecule has 0 aliphatic rings. The Morgan fingerprint density at radius 1 is 1.60 bits per heavy atom. The highest BCUT2D eigenvalue weighted by Gasteiger charge is 2.10. The van der Waals surface area contributed by atoms with E-state index in [1.165, 1.54) is 0 Å². The van der Waals surface area contributed by atoms with Gasteiger partial charge in [-0.3, -0.25) is 4.90 Å². The fraction of sp³-hybridized carbons (Fsp3) is 0.545. The summed E-state index contributed by atoms with van der Waals surface area (Å²) in [7, 11) is 2.12. The highest BCUT2D eigenvalue weighted by molar-refractivity contribution is 7.98. The summed E-state index contributed by atoms with van der Waals surface area (Å²) in [6.45, 7) is 3.09. The molecule has 1 aromatic rings. The van der Waals surface area contributed by atoms with Crippen LogP contribution in [0.1, 0.15) is 12.5 Å². The second-order valence-electron chi connectivity index (χ2n) is 3.77. The van der Waals surface area contributed by atoms with Gasteiger partial charge in [0.2, 0.25) is 0 Å². The van der Waals surface area contributed by atoms with E-state index in [1.807, 2.05) is 23.9 Å². The van der Waals surface area contributed by atoms with Crippen LogP contribution < -0.4 is 5.73 Å². The molecule has 0 aliphatic carbocycles. The number of rotatable bonds is 5. The van der Waals surface area contributed by atoms with Gasteiger partial charge in [0, 0.05) is 30.1 Å². The molecule has 0 fully saturated rings. The second kappa shape index (κ2) is 5.98. The second-order valence-corrected chi connectivity index (χ2v) is 4.68. The van der Waals surface area contributed by atoms with E-state index in [9.17, 15) is 0 Å². The summed E-state index contributed by atoms with van der Waals surface area (Å²) < 4.78 is 0. The Hall–Kier alpha value is -0.740. The lowest BCUT2D eigenvalue weighted by molar-refractivity contribution is 0.270. The molecule has 3 nitrogen and oxygen atoms in total. The van der Waals surface area contributed by atoms with Crippen molar-refractivity contribution in [3.05, 3.63) is 23.9 Å². The molecular formula is C11H19N3S. The third-order valence-electron chi connectivity index (χ3n) is 2.51. The number of hydrogen-bond donors (Lipinski definition) is 1. The summed E-state index contributed by atoms with van der Waals surface area (Å²) in [6.07, 6.45) is 3.85. The molecule has 0 radical (unpaired) electrons. The van der Waals surface area contributed by atoms with Crippen molar-refractivity contribution in [2.75, 3.05) is 24.8 Å². The number of nitrogen functional groups attached to an aromatic ring is 1. The highest BCUT2D eigenvalue weighted by Crippen LogP contribution is 2.12. The largest absolute Gasteiger partial charge is 0.383 e. The first kappa shape index (κ1) is 12.3. The van der Waals surface area contributed by atoms with E-state index in [-0.39, 0.29) is 0 Å². The maximum absolute atomic E-state index is 5.80. The Morgan fingerprint density at radius 3 is 2.93 bits per heavy atom. The van der Waals surface area contributed by atoms with Gasteiger partial charge in [0.25, 0.3) is 0 Å². The minimum atomic E-state index is 0.555. The molecule has 15 heavy (non-hydrogen) atoms. The molecule has 1 rings (SSSR count). The molecule has 0 aliphatic heterocycles. The minimum Gasteiger partial charge on any atom is -0.383 e. The summed E-state index contributed by atoms with van der Waals surface area (Å²) in [5.74, 6) is 1.78. The van der Waals surface area contributed by atoms with Crippen LogP contribution in [0.5, 0.6) is 0 Å². The first-order valence-electron chi connectivity index (χ1n) is 5.03. The zero-order chi connectivity index (χ0) is 11.3. The van der Waals surface area contributed by atoms with Crippen molar-refractivity contribution in [1.29, 1.82) is 0 Å². The van der Waals surface area contributed by atoms with Crippen LogP contribution in [-0.4, -0.2) is 35.0 Å². The molecule has 84 valence electrons. The van der Waals surface area contributed by atoms with Crippen molar-refractivity contribution in [3.63, 3.8) is 0 Å². The summed E-state index contributed by atoms with van der Waals surface area (Å²) in [4.78, 5) is 6.38. The Morgan fingerprint density at radius 2 is 2.33 bits per heavy atom. The van der Waals surface area contributed by atoms with Crippen LogP contribution >= 0.6 is 11.8 Å². The van der Waals surface area contributed by atoms with Gasteiger partial charge in [-0.05, 0) is 26.3 Å². The number of aromatic nitrogens is 1. The summed E-state index contributed by atoms with van der Waals surface area (Å²) >= 11 is 1.86. The maximum Gasteiger partial charge on any atom is 0.127 e. The molecule has 0 spiro atoms. The molecule has 0 amide bonds. The predicted octanol–water partition coefficient (Wildman–Crippen LogP) is 1.85. The molecule has 0 aromatic carbocycles. The van der Waals surface area contributed by atoms with Gasteiger partial charge in [-0.2, -0.15) is 11.8 Å². The molecule has 1 aromatic heterocycles. The summed E-state index contributed by atoms with van der Waals surface area (Å²) in [6, 6.07) is 4.52. The van der Waals surface area contributed by atoms with Crippen LogP contribution in [0.2, 0.25) is 0 Å². The van der Waals surface area contributed by atoms with Crippen LogP contribution in [0, 0.1) is 0 Å². The molecule has 1 unspecified atom stereocenters. The fourth-order valence-electron chi connectivity index (χ4n) is 1.38. The lowest BCUT2D eigenvalue weighted by Gasteiger charge is -2.24. The van der Waals surface area contributed by atoms with E-state index in [1.54, 1.807) is 6.20 Å². The molecular weight excluding hydrogens is 206 g/mol. The number of anilines is 1. The number of pyridine rings is 1. The topological polar surface area (TPSA) is 42.2 Å². The van der Waals surface area contributed by atoms with Gasteiger partial charge in [0.15, 0.2) is 0 Å². The van der Waals surface area contributed by atoms with Gasteiger partial charge in [0.05, 0.1) is 0 Å². The Bertz CT molecular complexity index is 304. The van der Waals surface area contributed by atoms with E-state index in [4.69, 9.17) is 5.73 Å². The number of hydrogen-bond acceptors (Lipinski definition) is 4.